The monoisotopic (exact) mass is 341 g/mol. The van der Waals surface area contributed by atoms with Gasteiger partial charge in [0.25, 0.3) is 0 Å². The lowest BCUT2D eigenvalue weighted by Gasteiger charge is -2.20. The normalized spacial score (nSPS) is 22.0. The number of benzene rings is 1. The van der Waals surface area contributed by atoms with Crippen molar-refractivity contribution in [2.24, 2.45) is 5.41 Å². The van der Waals surface area contributed by atoms with Crippen molar-refractivity contribution in [1.82, 2.24) is 4.31 Å². The number of carbonyl (C=O) groups is 2. The minimum absolute atomic E-state index is 0.0229. The van der Waals surface area contributed by atoms with Gasteiger partial charge >= 0.3 is 11.9 Å². The first-order valence-corrected chi connectivity index (χ1v) is 8.67. The van der Waals surface area contributed by atoms with E-state index in [0.29, 0.717) is 17.5 Å². The zero-order valence-corrected chi connectivity index (χ0v) is 13.8. The number of hydrogen-bond acceptors (Lipinski definition) is 5. The molecule has 1 atom stereocenters. The number of ether oxygens (including phenoxy) is 1. The van der Waals surface area contributed by atoms with E-state index in [0.717, 1.165) is 0 Å². The van der Waals surface area contributed by atoms with Gasteiger partial charge in [0.1, 0.15) is 0 Å². The number of carboxylic acids is 1. The van der Waals surface area contributed by atoms with Crippen molar-refractivity contribution < 1.29 is 27.9 Å². The van der Waals surface area contributed by atoms with Crippen LogP contribution in [0.3, 0.4) is 0 Å². The van der Waals surface area contributed by atoms with Gasteiger partial charge in [0.05, 0.1) is 23.8 Å². The molecule has 7 nitrogen and oxygen atoms in total. The van der Waals surface area contributed by atoms with Gasteiger partial charge in [-0.25, -0.2) is 17.5 Å². The Bertz CT molecular complexity index is 712. The number of hydrogen-bond donors (Lipinski definition) is 1. The summed E-state index contributed by atoms with van der Waals surface area (Å²) in [5, 5.41) is 9.19. The van der Waals surface area contributed by atoms with Crippen LogP contribution in [0.1, 0.15) is 29.3 Å². The highest BCUT2D eigenvalue weighted by Crippen LogP contribution is 2.32. The molecule has 0 aromatic heterocycles. The van der Waals surface area contributed by atoms with Crippen LogP contribution in [0.2, 0.25) is 0 Å². The Kier molecular flexibility index (Phi) is 4.76. The minimum Gasteiger partial charge on any atom is -0.481 e. The van der Waals surface area contributed by atoms with Gasteiger partial charge in [0, 0.05) is 13.1 Å². The highest BCUT2D eigenvalue weighted by Gasteiger charge is 2.44. The standard InChI is InChI=1S/C15H19NO6S/c1-15(14(18)19)7-8-16(10-15)23(20,21)9-11-3-5-12(6-4-11)13(17)22-2/h3-6H,7-10H2,1-2H3,(H,18,19). The summed E-state index contributed by atoms with van der Waals surface area (Å²) in [5.41, 5.74) is -0.170. The Morgan fingerprint density at radius 3 is 2.39 bits per heavy atom. The van der Waals surface area contributed by atoms with Crippen molar-refractivity contribution >= 4 is 22.0 Å². The number of esters is 1. The van der Waals surface area contributed by atoms with Crippen LogP contribution in [-0.4, -0.2) is 50.0 Å². The zero-order chi connectivity index (χ0) is 17.3. The Balaban J connectivity index is 2.10. The summed E-state index contributed by atoms with van der Waals surface area (Å²) in [6.07, 6.45) is 0.294. The Morgan fingerprint density at radius 2 is 1.91 bits per heavy atom. The Labute approximate surface area is 134 Å². The molecule has 1 aromatic rings. The van der Waals surface area contributed by atoms with Crippen LogP contribution < -0.4 is 0 Å². The number of carbonyl (C=O) groups excluding carboxylic acids is 1. The molecule has 0 bridgehead atoms. The summed E-state index contributed by atoms with van der Waals surface area (Å²) in [5.74, 6) is -1.71. The first kappa shape index (κ1) is 17.4. The molecule has 23 heavy (non-hydrogen) atoms. The molecule has 1 saturated heterocycles. The molecule has 1 fully saturated rings. The number of nitrogens with zero attached hydrogens (tertiary/aromatic N) is 1. The Hall–Kier alpha value is -1.93. The summed E-state index contributed by atoms with van der Waals surface area (Å²) < 4.78 is 30.7. The van der Waals surface area contributed by atoms with E-state index in [1.165, 1.54) is 23.5 Å². The first-order chi connectivity index (χ1) is 10.7. The zero-order valence-electron chi connectivity index (χ0n) is 13.0. The van der Waals surface area contributed by atoms with Gasteiger partial charge < -0.3 is 9.84 Å². The first-order valence-electron chi connectivity index (χ1n) is 7.06. The number of aliphatic carboxylic acids is 1. The molecule has 0 radical (unpaired) electrons. The summed E-state index contributed by atoms with van der Waals surface area (Å²) in [6, 6.07) is 6.11. The molecular formula is C15H19NO6S. The SMILES string of the molecule is COC(=O)c1ccc(CS(=O)(=O)N2CCC(C)(C(=O)O)C2)cc1. The predicted octanol–water partition coefficient (Wildman–Crippen LogP) is 1.10. The van der Waals surface area contributed by atoms with Crippen LogP contribution >= 0.6 is 0 Å². The largest absolute Gasteiger partial charge is 0.481 e. The van der Waals surface area contributed by atoms with Gasteiger partial charge in [0.15, 0.2) is 0 Å². The maximum absolute atomic E-state index is 12.4. The molecule has 1 heterocycles. The van der Waals surface area contributed by atoms with Crippen molar-refractivity contribution in [2.75, 3.05) is 20.2 Å². The number of rotatable bonds is 5. The van der Waals surface area contributed by atoms with E-state index in [1.807, 2.05) is 0 Å². The third-order valence-electron chi connectivity index (χ3n) is 4.07. The number of sulfonamides is 1. The molecule has 8 heteroatoms. The second kappa shape index (κ2) is 6.29. The number of methoxy groups -OCH3 is 1. The summed E-state index contributed by atoms with van der Waals surface area (Å²) in [4.78, 5) is 22.6. The molecule has 1 aliphatic rings. The van der Waals surface area contributed by atoms with Gasteiger partial charge in [-0.15, -0.1) is 0 Å². The van der Waals surface area contributed by atoms with E-state index >= 15 is 0 Å². The molecule has 0 saturated carbocycles. The topological polar surface area (TPSA) is 101 Å². The van der Waals surface area contributed by atoms with Crippen LogP contribution in [0.5, 0.6) is 0 Å². The molecule has 2 rings (SSSR count). The molecule has 1 aliphatic heterocycles. The van der Waals surface area contributed by atoms with E-state index in [9.17, 15) is 23.1 Å². The van der Waals surface area contributed by atoms with E-state index in [1.54, 1.807) is 19.1 Å². The van der Waals surface area contributed by atoms with Crippen molar-refractivity contribution in [2.45, 2.75) is 19.1 Å². The van der Waals surface area contributed by atoms with Gasteiger partial charge in [0.2, 0.25) is 10.0 Å². The summed E-state index contributed by atoms with van der Waals surface area (Å²) in [7, 11) is -2.33. The molecule has 1 aromatic carbocycles. The average Bonchev–Trinajstić information content (AvgIpc) is 2.92. The fourth-order valence-electron chi connectivity index (χ4n) is 2.49. The van der Waals surface area contributed by atoms with Crippen molar-refractivity contribution in [3.05, 3.63) is 35.4 Å². The lowest BCUT2D eigenvalue weighted by molar-refractivity contribution is -0.146. The number of carboxylic acid groups (broad SMARTS) is 1. The lowest BCUT2D eigenvalue weighted by atomic mass is 9.90. The maximum atomic E-state index is 12.4. The summed E-state index contributed by atoms with van der Waals surface area (Å²) in [6.45, 7) is 1.73. The third kappa shape index (κ3) is 3.70. The second-order valence-corrected chi connectivity index (χ2v) is 7.86. The quantitative estimate of drug-likeness (QED) is 0.805. The van der Waals surface area contributed by atoms with Crippen LogP contribution in [0.25, 0.3) is 0 Å². The Morgan fingerprint density at radius 1 is 1.30 bits per heavy atom. The fourth-order valence-corrected chi connectivity index (χ4v) is 4.13. The minimum atomic E-state index is -3.60. The smallest absolute Gasteiger partial charge is 0.337 e. The molecule has 1 N–H and O–H groups in total. The molecule has 0 spiro atoms. The summed E-state index contributed by atoms with van der Waals surface area (Å²) >= 11 is 0. The van der Waals surface area contributed by atoms with Gasteiger partial charge in [-0.1, -0.05) is 12.1 Å². The fraction of sp³-hybridized carbons (Fsp3) is 0.467. The van der Waals surface area contributed by atoms with E-state index < -0.39 is 27.4 Å². The molecule has 0 aliphatic carbocycles. The second-order valence-electron chi connectivity index (χ2n) is 5.89. The highest BCUT2D eigenvalue weighted by atomic mass is 32.2. The molecular weight excluding hydrogens is 322 g/mol. The van der Waals surface area contributed by atoms with E-state index in [2.05, 4.69) is 4.74 Å². The molecule has 126 valence electrons. The van der Waals surface area contributed by atoms with Crippen LogP contribution in [0.4, 0.5) is 0 Å². The van der Waals surface area contributed by atoms with Crippen LogP contribution in [0.15, 0.2) is 24.3 Å². The lowest BCUT2D eigenvalue weighted by Crippen LogP contribution is -2.35. The average molecular weight is 341 g/mol. The highest BCUT2D eigenvalue weighted by molar-refractivity contribution is 7.88. The van der Waals surface area contributed by atoms with Crippen LogP contribution in [-0.2, 0) is 25.3 Å². The van der Waals surface area contributed by atoms with E-state index in [4.69, 9.17) is 0 Å². The van der Waals surface area contributed by atoms with Crippen molar-refractivity contribution in [3.63, 3.8) is 0 Å². The predicted molar refractivity (Wildman–Crippen MR) is 82.3 cm³/mol. The van der Waals surface area contributed by atoms with Crippen molar-refractivity contribution in [3.8, 4) is 0 Å². The van der Waals surface area contributed by atoms with E-state index in [-0.39, 0.29) is 18.8 Å². The van der Waals surface area contributed by atoms with Gasteiger partial charge in [-0.05, 0) is 31.0 Å². The van der Waals surface area contributed by atoms with Crippen LogP contribution in [0, 0.1) is 5.41 Å². The van der Waals surface area contributed by atoms with Gasteiger partial charge in [-0.2, -0.15) is 0 Å². The third-order valence-corrected chi connectivity index (χ3v) is 5.87. The molecule has 0 amide bonds. The van der Waals surface area contributed by atoms with Crippen molar-refractivity contribution in [1.29, 1.82) is 0 Å². The maximum Gasteiger partial charge on any atom is 0.337 e. The van der Waals surface area contributed by atoms with Gasteiger partial charge in [-0.3, -0.25) is 4.79 Å². The molecule has 1 unspecified atom stereocenters.